The molecule has 0 aliphatic heterocycles. The van der Waals surface area contributed by atoms with Crippen LogP contribution in [0.3, 0.4) is 0 Å². The van der Waals surface area contributed by atoms with Crippen molar-refractivity contribution in [3.63, 3.8) is 0 Å². The van der Waals surface area contributed by atoms with Crippen LogP contribution in [0.1, 0.15) is 44.9 Å². The molecule has 0 aromatic rings. The number of carbonyl (C=O) groups excluding carboxylic acids is 1. The quantitative estimate of drug-likeness (QED) is 0.736. The van der Waals surface area contributed by atoms with E-state index in [4.69, 9.17) is 9.47 Å². The predicted molar refractivity (Wildman–Crippen MR) is 69.4 cm³/mol. The van der Waals surface area contributed by atoms with E-state index in [0.29, 0.717) is 18.6 Å². The third-order valence-corrected chi connectivity index (χ3v) is 4.26. The van der Waals surface area contributed by atoms with Crippen molar-refractivity contribution < 1.29 is 14.3 Å². The fourth-order valence-corrected chi connectivity index (χ4v) is 3.16. The summed E-state index contributed by atoms with van der Waals surface area (Å²) in [5.41, 5.74) is -0.606. The van der Waals surface area contributed by atoms with Crippen molar-refractivity contribution in [3.05, 3.63) is 0 Å². The van der Waals surface area contributed by atoms with E-state index in [1.165, 1.54) is 26.4 Å². The third-order valence-electron chi connectivity index (χ3n) is 4.26. The topological polar surface area (TPSA) is 47.6 Å². The largest absolute Gasteiger partial charge is 0.468 e. The van der Waals surface area contributed by atoms with Gasteiger partial charge in [-0.15, -0.1) is 0 Å². The summed E-state index contributed by atoms with van der Waals surface area (Å²) in [6.07, 6.45) is 8.34. The van der Waals surface area contributed by atoms with Crippen molar-refractivity contribution in [1.29, 1.82) is 0 Å². The molecule has 0 spiro atoms. The molecule has 0 radical (unpaired) electrons. The molecule has 1 atom stereocenters. The second-order valence-electron chi connectivity index (χ2n) is 5.65. The molecule has 0 aromatic heterocycles. The summed E-state index contributed by atoms with van der Waals surface area (Å²) in [7, 11) is 3.13. The van der Waals surface area contributed by atoms with Gasteiger partial charge >= 0.3 is 5.97 Å². The van der Waals surface area contributed by atoms with Gasteiger partial charge in [-0.3, -0.25) is 5.32 Å². The fraction of sp³-hybridized carbons (Fsp3) is 0.929. The molecule has 1 unspecified atom stereocenters. The lowest BCUT2D eigenvalue weighted by atomic mass is 9.88. The molecule has 2 rings (SSSR count). The summed E-state index contributed by atoms with van der Waals surface area (Å²) in [5.74, 6) is 0.226. The van der Waals surface area contributed by atoms with Crippen LogP contribution in [0.5, 0.6) is 0 Å². The van der Waals surface area contributed by atoms with Gasteiger partial charge in [0.15, 0.2) is 0 Å². The van der Waals surface area contributed by atoms with E-state index in [1.54, 1.807) is 7.11 Å². The van der Waals surface area contributed by atoms with Crippen LogP contribution in [0, 0.1) is 5.92 Å². The summed E-state index contributed by atoms with van der Waals surface area (Å²) in [6, 6.07) is 0.439. The fourth-order valence-electron chi connectivity index (χ4n) is 3.16. The Bertz CT molecular complexity index is 285. The number of carbonyl (C=O) groups is 1. The number of hydrogen-bond donors (Lipinski definition) is 1. The zero-order chi connectivity index (χ0) is 13.0. The Morgan fingerprint density at radius 1 is 1.17 bits per heavy atom. The summed E-state index contributed by atoms with van der Waals surface area (Å²) in [5, 5.41) is 3.58. The van der Waals surface area contributed by atoms with Gasteiger partial charge in [0.05, 0.1) is 13.7 Å². The van der Waals surface area contributed by atoms with Crippen molar-refractivity contribution in [2.24, 2.45) is 5.92 Å². The molecule has 0 aromatic carbocycles. The molecule has 0 saturated heterocycles. The van der Waals surface area contributed by atoms with Crippen LogP contribution in [0.15, 0.2) is 0 Å². The van der Waals surface area contributed by atoms with E-state index < -0.39 is 5.54 Å². The van der Waals surface area contributed by atoms with Gasteiger partial charge in [-0.1, -0.05) is 19.3 Å². The van der Waals surface area contributed by atoms with Crippen molar-refractivity contribution >= 4 is 5.97 Å². The molecule has 0 amide bonds. The smallest absolute Gasteiger partial charge is 0.328 e. The highest BCUT2D eigenvalue weighted by Gasteiger charge is 2.52. The number of hydrogen-bond acceptors (Lipinski definition) is 4. The van der Waals surface area contributed by atoms with E-state index in [2.05, 4.69) is 5.32 Å². The molecule has 0 heterocycles. The molecule has 2 fully saturated rings. The minimum absolute atomic E-state index is 0.155. The van der Waals surface area contributed by atoms with Crippen molar-refractivity contribution in [1.82, 2.24) is 5.32 Å². The molecule has 104 valence electrons. The first-order chi connectivity index (χ1) is 8.73. The van der Waals surface area contributed by atoms with E-state index >= 15 is 0 Å². The van der Waals surface area contributed by atoms with Gasteiger partial charge in [0.2, 0.25) is 0 Å². The maximum atomic E-state index is 12.2. The van der Waals surface area contributed by atoms with Gasteiger partial charge in [-0.25, -0.2) is 4.79 Å². The summed E-state index contributed by atoms with van der Waals surface area (Å²) < 4.78 is 10.3. The average molecular weight is 255 g/mol. The zero-order valence-electron chi connectivity index (χ0n) is 11.5. The zero-order valence-corrected chi connectivity index (χ0v) is 11.5. The lowest BCUT2D eigenvalue weighted by Gasteiger charge is -2.37. The average Bonchev–Trinajstić information content (AvgIpc) is 3.23. The number of esters is 1. The normalized spacial score (nSPS) is 24.6. The third kappa shape index (κ3) is 2.86. The number of methoxy groups -OCH3 is 2. The maximum Gasteiger partial charge on any atom is 0.328 e. The number of ether oxygens (including phenoxy) is 2. The van der Waals surface area contributed by atoms with Crippen LogP contribution in [0.25, 0.3) is 0 Å². The monoisotopic (exact) mass is 255 g/mol. The second kappa shape index (κ2) is 6.02. The van der Waals surface area contributed by atoms with Crippen LogP contribution < -0.4 is 5.32 Å². The first-order valence-corrected chi connectivity index (χ1v) is 7.08. The van der Waals surface area contributed by atoms with Gasteiger partial charge in [0, 0.05) is 13.2 Å². The van der Waals surface area contributed by atoms with Crippen LogP contribution in [-0.2, 0) is 14.3 Å². The van der Waals surface area contributed by atoms with Crippen molar-refractivity contribution in [2.75, 3.05) is 20.8 Å². The highest BCUT2D eigenvalue weighted by Crippen LogP contribution is 2.41. The minimum Gasteiger partial charge on any atom is -0.468 e. The van der Waals surface area contributed by atoms with Gasteiger partial charge in [-0.2, -0.15) is 0 Å². The Kier molecular flexibility index (Phi) is 4.62. The lowest BCUT2D eigenvalue weighted by Crippen LogP contribution is -2.61. The molecule has 0 bridgehead atoms. The van der Waals surface area contributed by atoms with Crippen LogP contribution in [-0.4, -0.2) is 38.4 Å². The highest BCUT2D eigenvalue weighted by atomic mass is 16.5. The van der Waals surface area contributed by atoms with E-state index in [1.807, 2.05) is 0 Å². The second-order valence-corrected chi connectivity index (χ2v) is 5.65. The number of nitrogens with one attached hydrogen (secondary N) is 1. The maximum absolute atomic E-state index is 12.2. The lowest BCUT2D eigenvalue weighted by molar-refractivity contribution is -0.153. The van der Waals surface area contributed by atoms with E-state index in [-0.39, 0.29) is 5.97 Å². The minimum atomic E-state index is -0.606. The first-order valence-electron chi connectivity index (χ1n) is 7.08. The summed E-state index contributed by atoms with van der Waals surface area (Å²) in [4.78, 5) is 12.2. The molecule has 2 aliphatic carbocycles. The predicted octanol–water partition coefficient (Wildman–Crippen LogP) is 1.88. The Morgan fingerprint density at radius 3 is 2.33 bits per heavy atom. The summed E-state index contributed by atoms with van der Waals surface area (Å²) in [6.45, 7) is 0.418. The van der Waals surface area contributed by atoms with Crippen LogP contribution in [0.2, 0.25) is 0 Å². The molecule has 2 saturated carbocycles. The Balaban J connectivity index is 2.08. The van der Waals surface area contributed by atoms with Gasteiger partial charge in [0.25, 0.3) is 0 Å². The van der Waals surface area contributed by atoms with E-state index in [9.17, 15) is 4.79 Å². The standard InChI is InChI=1S/C14H25NO3/c1-17-10-14(11-8-9-11,13(16)18-2)15-12-6-4-3-5-7-12/h11-12,15H,3-10H2,1-2H3. The molecule has 2 aliphatic rings. The van der Waals surface area contributed by atoms with Gasteiger partial charge < -0.3 is 9.47 Å². The molecule has 18 heavy (non-hydrogen) atoms. The molecular weight excluding hydrogens is 230 g/mol. The van der Waals surface area contributed by atoms with Crippen molar-refractivity contribution in [3.8, 4) is 0 Å². The Labute approximate surface area is 109 Å². The number of rotatable bonds is 6. The SMILES string of the molecule is COCC(NC1CCCCC1)(C(=O)OC)C1CC1. The Hall–Kier alpha value is -0.610. The van der Waals surface area contributed by atoms with Crippen LogP contribution in [0.4, 0.5) is 0 Å². The van der Waals surface area contributed by atoms with Gasteiger partial charge in [0.1, 0.15) is 5.54 Å². The first kappa shape index (κ1) is 13.8. The molecule has 1 N–H and O–H groups in total. The Morgan fingerprint density at radius 2 is 1.83 bits per heavy atom. The van der Waals surface area contributed by atoms with E-state index in [0.717, 1.165) is 25.7 Å². The highest BCUT2D eigenvalue weighted by molar-refractivity contribution is 5.82. The van der Waals surface area contributed by atoms with Crippen LogP contribution >= 0.6 is 0 Å². The van der Waals surface area contributed by atoms with Crippen molar-refractivity contribution in [2.45, 2.75) is 56.5 Å². The van der Waals surface area contributed by atoms with Gasteiger partial charge in [-0.05, 0) is 31.6 Å². The molecular formula is C14H25NO3. The molecule has 4 nitrogen and oxygen atoms in total. The molecule has 4 heteroatoms. The summed E-state index contributed by atoms with van der Waals surface area (Å²) >= 11 is 0.